The van der Waals surface area contributed by atoms with E-state index in [-0.39, 0.29) is 0 Å². The molecule has 2 rings (SSSR count). The summed E-state index contributed by atoms with van der Waals surface area (Å²) in [5.41, 5.74) is 7.10. The van der Waals surface area contributed by atoms with Gasteiger partial charge in [0.2, 0.25) is 0 Å². The average Bonchev–Trinajstić information content (AvgIpc) is 2.69. The minimum Gasteiger partial charge on any atom is -0.327 e. The van der Waals surface area contributed by atoms with Gasteiger partial charge in [-0.1, -0.05) is 30.3 Å². The first-order valence-electron chi connectivity index (χ1n) is 3.68. The number of hydrogen-bond acceptors (Lipinski definition) is 1. The molecule has 1 saturated carbocycles. The molecule has 1 aliphatic carbocycles. The van der Waals surface area contributed by atoms with Gasteiger partial charge in [0.15, 0.2) is 0 Å². The fraction of sp³-hybridized carbons (Fsp3) is 0.333. The summed E-state index contributed by atoms with van der Waals surface area (Å²) in [4.78, 5) is 0. The predicted octanol–water partition coefficient (Wildman–Crippen LogP) is 1.50. The van der Waals surface area contributed by atoms with E-state index >= 15 is 0 Å². The molecule has 10 heavy (non-hydrogen) atoms. The second-order valence-electron chi connectivity index (χ2n) is 2.92. The lowest BCUT2D eigenvalue weighted by Gasteiger charge is -1.94. The van der Waals surface area contributed by atoms with Gasteiger partial charge in [0, 0.05) is 12.0 Å². The van der Waals surface area contributed by atoms with Gasteiger partial charge in [-0.05, 0) is 12.0 Å². The Balaban J connectivity index is 2.20. The van der Waals surface area contributed by atoms with E-state index in [4.69, 9.17) is 5.73 Å². The molecular weight excluding hydrogens is 122 g/mol. The molecule has 1 heteroatoms. The first kappa shape index (κ1) is 5.93. The van der Waals surface area contributed by atoms with Crippen LogP contribution in [-0.4, -0.2) is 6.04 Å². The van der Waals surface area contributed by atoms with Crippen LogP contribution in [0.5, 0.6) is 0 Å². The van der Waals surface area contributed by atoms with Crippen molar-refractivity contribution in [3.8, 4) is 0 Å². The SMILES string of the molecule is NC1C[C@H]1c1ccccc1. The highest BCUT2D eigenvalue weighted by atomic mass is 14.7. The Bertz CT molecular complexity index is 217. The Morgan fingerprint density at radius 3 is 2.30 bits per heavy atom. The van der Waals surface area contributed by atoms with Crippen molar-refractivity contribution in [3.63, 3.8) is 0 Å². The van der Waals surface area contributed by atoms with Gasteiger partial charge in [0.1, 0.15) is 0 Å². The van der Waals surface area contributed by atoms with E-state index in [1.165, 1.54) is 12.0 Å². The van der Waals surface area contributed by atoms with Crippen LogP contribution in [0.3, 0.4) is 0 Å². The first-order chi connectivity index (χ1) is 4.88. The molecule has 0 aromatic heterocycles. The minimum atomic E-state index is 0.433. The van der Waals surface area contributed by atoms with Crippen LogP contribution in [0, 0.1) is 0 Å². The van der Waals surface area contributed by atoms with E-state index in [2.05, 4.69) is 24.3 Å². The van der Waals surface area contributed by atoms with Gasteiger partial charge in [-0.15, -0.1) is 0 Å². The zero-order valence-electron chi connectivity index (χ0n) is 5.83. The lowest BCUT2D eigenvalue weighted by atomic mass is 10.1. The van der Waals surface area contributed by atoms with Gasteiger partial charge in [0.25, 0.3) is 0 Å². The Morgan fingerprint density at radius 1 is 1.20 bits per heavy atom. The molecule has 1 nitrogen and oxygen atoms in total. The average molecular weight is 133 g/mol. The van der Waals surface area contributed by atoms with Crippen LogP contribution in [0.4, 0.5) is 0 Å². The lowest BCUT2D eigenvalue weighted by Crippen LogP contribution is -2.00. The summed E-state index contributed by atoms with van der Waals surface area (Å²) in [6, 6.07) is 10.9. The second kappa shape index (κ2) is 2.10. The van der Waals surface area contributed by atoms with Crippen molar-refractivity contribution >= 4 is 0 Å². The van der Waals surface area contributed by atoms with E-state index in [9.17, 15) is 0 Å². The standard InChI is InChI=1S/C9H11N/c10-9-6-8(9)7-4-2-1-3-5-7/h1-5,8-9H,6,10H2/t8-,9?/m0/s1. The van der Waals surface area contributed by atoms with E-state index in [0.717, 1.165) is 0 Å². The molecule has 0 heterocycles. The number of nitrogens with two attached hydrogens (primary N) is 1. The topological polar surface area (TPSA) is 26.0 Å². The number of rotatable bonds is 1. The quantitative estimate of drug-likeness (QED) is 0.617. The molecule has 1 aromatic carbocycles. The maximum atomic E-state index is 5.70. The molecule has 1 unspecified atom stereocenters. The van der Waals surface area contributed by atoms with Crippen LogP contribution in [0.1, 0.15) is 17.9 Å². The molecule has 0 amide bonds. The fourth-order valence-corrected chi connectivity index (χ4v) is 1.30. The molecule has 1 aliphatic rings. The molecular formula is C9H11N. The normalized spacial score (nSPS) is 30.1. The smallest absolute Gasteiger partial charge is 0.0115 e. The van der Waals surface area contributed by atoms with E-state index < -0.39 is 0 Å². The summed E-state index contributed by atoms with van der Waals surface area (Å²) < 4.78 is 0. The van der Waals surface area contributed by atoms with Crippen molar-refractivity contribution in [2.24, 2.45) is 5.73 Å². The van der Waals surface area contributed by atoms with Crippen LogP contribution < -0.4 is 5.73 Å². The molecule has 52 valence electrons. The van der Waals surface area contributed by atoms with Gasteiger partial charge in [0.05, 0.1) is 0 Å². The largest absolute Gasteiger partial charge is 0.327 e. The highest BCUT2D eigenvalue weighted by Crippen LogP contribution is 2.38. The zero-order chi connectivity index (χ0) is 6.97. The summed E-state index contributed by atoms with van der Waals surface area (Å²) in [5.74, 6) is 0.654. The Morgan fingerprint density at radius 2 is 1.80 bits per heavy atom. The third kappa shape index (κ3) is 0.929. The van der Waals surface area contributed by atoms with Gasteiger partial charge < -0.3 is 5.73 Å². The fourth-order valence-electron chi connectivity index (χ4n) is 1.30. The van der Waals surface area contributed by atoms with Crippen molar-refractivity contribution in [2.75, 3.05) is 0 Å². The first-order valence-corrected chi connectivity index (χ1v) is 3.68. The Kier molecular flexibility index (Phi) is 1.24. The molecule has 0 aliphatic heterocycles. The van der Waals surface area contributed by atoms with Crippen LogP contribution in [0.25, 0.3) is 0 Å². The van der Waals surface area contributed by atoms with Gasteiger partial charge in [-0.2, -0.15) is 0 Å². The number of benzene rings is 1. The molecule has 1 fully saturated rings. The molecule has 0 spiro atoms. The highest BCUT2D eigenvalue weighted by Gasteiger charge is 2.34. The summed E-state index contributed by atoms with van der Waals surface area (Å²) in [6.07, 6.45) is 1.17. The highest BCUT2D eigenvalue weighted by molar-refractivity contribution is 5.26. The summed E-state index contributed by atoms with van der Waals surface area (Å²) in [6.45, 7) is 0. The molecule has 0 saturated heterocycles. The molecule has 2 atom stereocenters. The lowest BCUT2D eigenvalue weighted by molar-refractivity contribution is 0.991. The van der Waals surface area contributed by atoms with Gasteiger partial charge in [-0.25, -0.2) is 0 Å². The maximum absolute atomic E-state index is 5.70. The van der Waals surface area contributed by atoms with Gasteiger partial charge in [-0.3, -0.25) is 0 Å². The maximum Gasteiger partial charge on any atom is 0.0115 e. The van der Waals surface area contributed by atoms with Crippen molar-refractivity contribution in [2.45, 2.75) is 18.4 Å². The third-order valence-corrected chi connectivity index (χ3v) is 2.07. The summed E-state index contributed by atoms with van der Waals surface area (Å²) >= 11 is 0. The van der Waals surface area contributed by atoms with Crippen molar-refractivity contribution < 1.29 is 0 Å². The van der Waals surface area contributed by atoms with E-state index in [1.54, 1.807) is 0 Å². The van der Waals surface area contributed by atoms with E-state index in [1.807, 2.05) is 6.07 Å². The molecule has 2 N–H and O–H groups in total. The zero-order valence-corrected chi connectivity index (χ0v) is 5.83. The van der Waals surface area contributed by atoms with Crippen molar-refractivity contribution in [3.05, 3.63) is 35.9 Å². The van der Waals surface area contributed by atoms with Crippen molar-refractivity contribution in [1.82, 2.24) is 0 Å². The van der Waals surface area contributed by atoms with Crippen LogP contribution >= 0.6 is 0 Å². The summed E-state index contributed by atoms with van der Waals surface area (Å²) in [5, 5.41) is 0. The van der Waals surface area contributed by atoms with Crippen LogP contribution in [-0.2, 0) is 0 Å². The number of hydrogen-bond donors (Lipinski definition) is 1. The molecule has 0 bridgehead atoms. The predicted molar refractivity (Wildman–Crippen MR) is 41.8 cm³/mol. The Hall–Kier alpha value is -0.820. The summed E-state index contributed by atoms with van der Waals surface area (Å²) in [7, 11) is 0. The molecule has 1 aromatic rings. The monoisotopic (exact) mass is 133 g/mol. The molecule has 0 radical (unpaired) electrons. The van der Waals surface area contributed by atoms with Crippen molar-refractivity contribution in [1.29, 1.82) is 0 Å². The van der Waals surface area contributed by atoms with Crippen LogP contribution in [0.15, 0.2) is 30.3 Å². The van der Waals surface area contributed by atoms with Gasteiger partial charge >= 0.3 is 0 Å². The third-order valence-electron chi connectivity index (χ3n) is 2.07. The van der Waals surface area contributed by atoms with Crippen LogP contribution in [0.2, 0.25) is 0 Å². The Labute approximate surface area is 60.9 Å². The minimum absolute atomic E-state index is 0.433. The second-order valence-corrected chi connectivity index (χ2v) is 2.92. The van der Waals surface area contributed by atoms with E-state index in [0.29, 0.717) is 12.0 Å².